The van der Waals surface area contributed by atoms with Crippen LogP contribution >= 0.6 is 0 Å². The van der Waals surface area contributed by atoms with E-state index in [1.807, 2.05) is 0 Å². The Hall–Kier alpha value is -0.120. The number of nitrogens with one attached hydrogen (secondary N) is 2. The third kappa shape index (κ3) is 2.47. The van der Waals surface area contributed by atoms with E-state index in [4.69, 9.17) is 4.74 Å². The van der Waals surface area contributed by atoms with Crippen molar-refractivity contribution in [3.8, 4) is 0 Å². The molecule has 0 aliphatic carbocycles. The molecule has 2 heterocycles. The summed E-state index contributed by atoms with van der Waals surface area (Å²) in [5, 5.41) is 7.03. The van der Waals surface area contributed by atoms with Crippen LogP contribution in [0, 0.1) is 5.92 Å². The summed E-state index contributed by atoms with van der Waals surface area (Å²) in [6.45, 7) is 7.57. The molecule has 2 aliphatic rings. The fraction of sp³-hybridized carbons (Fsp3) is 1.00. The highest BCUT2D eigenvalue weighted by Crippen LogP contribution is 2.23. The predicted molar refractivity (Wildman–Crippen MR) is 57.2 cm³/mol. The SMILES string of the molecule is CC1CNC(C)(CC2CCCN2)OC1. The summed E-state index contributed by atoms with van der Waals surface area (Å²) in [7, 11) is 0. The van der Waals surface area contributed by atoms with Crippen molar-refractivity contribution in [1.29, 1.82) is 0 Å². The van der Waals surface area contributed by atoms with Crippen LogP contribution in [0.4, 0.5) is 0 Å². The standard InChI is InChI=1S/C11H22N2O/c1-9-7-13-11(2,14-8-9)6-10-4-3-5-12-10/h9-10,12-13H,3-8H2,1-2H3. The second-order valence-corrected chi connectivity index (χ2v) is 5.03. The third-order valence-electron chi connectivity index (χ3n) is 3.31. The Morgan fingerprint density at radius 2 is 2.36 bits per heavy atom. The van der Waals surface area contributed by atoms with Crippen molar-refractivity contribution >= 4 is 0 Å². The van der Waals surface area contributed by atoms with Gasteiger partial charge in [0.2, 0.25) is 0 Å². The largest absolute Gasteiger partial charge is 0.361 e. The van der Waals surface area contributed by atoms with Crippen LogP contribution in [0.15, 0.2) is 0 Å². The smallest absolute Gasteiger partial charge is 0.117 e. The zero-order valence-electron chi connectivity index (χ0n) is 9.31. The molecule has 0 aromatic carbocycles. The monoisotopic (exact) mass is 198 g/mol. The number of ether oxygens (including phenoxy) is 1. The molecule has 2 saturated heterocycles. The second kappa shape index (κ2) is 4.17. The van der Waals surface area contributed by atoms with Crippen LogP contribution in [0.5, 0.6) is 0 Å². The van der Waals surface area contributed by atoms with E-state index in [0.717, 1.165) is 19.6 Å². The quantitative estimate of drug-likeness (QED) is 0.697. The van der Waals surface area contributed by atoms with Crippen LogP contribution in [0.2, 0.25) is 0 Å². The van der Waals surface area contributed by atoms with E-state index < -0.39 is 0 Å². The number of hydrogen-bond acceptors (Lipinski definition) is 3. The van der Waals surface area contributed by atoms with Crippen molar-refractivity contribution in [3.63, 3.8) is 0 Å². The Labute approximate surface area is 86.6 Å². The lowest BCUT2D eigenvalue weighted by atomic mass is 10.0. The molecule has 2 rings (SSSR count). The Kier molecular flexibility index (Phi) is 3.10. The maximum Gasteiger partial charge on any atom is 0.117 e. The minimum atomic E-state index is -0.0888. The van der Waals surface area contributed by atoms with Gasteiger partial charge in [-0.15, -0.1) is 0 Å². The van der Waals surface area contributed by atoms with Crippen LogP contribution in [0.3, 0.4) is 0 Å². The van der Waals surface area contributed by atoms with Crippen molar-refractivity contribution in [3.05, 3.63) is 0 Å². The van der Waals surface area contributed by atoms with E-state index >= 15 is 0 Å². The normalized spacial score (nSPS) is 44.1. The van der Waals surface area contributed by atoms with Crippen LogP contribution < -0.4 is 10.6 Å². The summed E-state index contributed by atoms with van der Waals surface area (Å²) in [4.78, 5) is 0. The van der Waals surface area contributed by atoms with Crippen molar-refractivity contribution in [1.82, 2.24) is 10.6 Å². The van der Waals surface area contributed by atoms with Gasteiger partial charge < -0.3 is 10.1 Å². The van der Waals surface area contributed by atoms with Gasteiger partial charge in [-0.25, -0.2) is 0 Å². The van der Waals surface area contributed by atoms with Gasteiger partial charge in [-0.05, 0) is 32.2 Å². The first-order valence-electron chi connectivity index (χ1n) is 5.80. The maximum atomic E-state index is 5.89. The van der Waals surface area contributed by atoms with Gasteiger partial charge in [-0.1, -0.05) is 6.92 Å². The van der Waals surface area contributed by atoms with Gasteiger partial charge in [-0.2, -0.15) is 0 Å². The molecule has 82 valence electrons. The number of rotatable bonds is 2. The van der Waals surface area contributed by atoms with Crippen LogP contribution in [-0.2, 0) is 4.74 Å². The minimum absolute atomic E-state index is 0.0888. The molecular formula is C11H22N2O. The zero-order chi connectivity index (χ0) is 10.0. The van der Waals surface area contributed by atoms with E-state index in [1.165, 1.54) is 19.4 Å². The molecule has 0 aromatic heterocycles. The van der Waals surface area contributed by atoms with Crippen molar-refractivity contribution in [2.24, 2.45) is 5.92 Å². The summed E-state index contributed by atoms with van der Waals surface area (Å²) in [6.07, 6.45) is 3.72. The number of hydrogen-bond donors (Lipinski definition) is 2. The predicted octanol–water partition coefficient (Wildman–Crippen LogP) is 1.10. The van der Waals surface area contributed by atoms with Crippen LogP contribution in [0.1, 0.15) is 33.1 Å². The maximum absolute atomic E-state index is 5.89. The van der Waals surface area contributed by atoms with Gasteiger partial charge in [0, 0.05) is 19.0 Å². The molecule has 3 atom stereocenters. The zero-order valence-corrected chi connectivity index (χ0v) is 9.31. The Morgan fingerprint density at radius 1 is 1.50 bits per heavy atom. The lowest BCUT2D eigenvalue weighted by Crippen LogP contribution is -2.54. The Morgan fingerprint density at radius 3 is 2.93 bits per heavy atom. The first kappa shape index (κ1) is 10.4. The molecule has 0 bridgehead atoms. The average molecular weight is 198 g/mol. The average Bonchev–Trinajstić information content (AvgIpc) is 2.63. The molecular weight excluding hydrogens is 176 g/mol. The van der Waals surface area contributed by atoms with Crippen molar-refractivity contribution < 1.29 is 4.74 Å². The van der Waals surface area contributed by atoms with E-state index in [0.29, 0.717) is 12.0 Å². The van der Waals surface area contributed by atoms with Gasteiger partial charge in [-0.3, -0.25) is 5.32 Å². The molecule has 14 heavy (non-hydrogen) atoms. The van der Waals surface area contributed by atoms with Crippen molar-refractivity contribution in [2.45, 2.75) is 44.9 Å². The van der Waals surface area contributed by atoms with Crippen molar-refractivity contribution in [2.75, 3.05) is 19.7 Å². The molecule has 2 fully saturated rings. The molecule has 2 aliphatic heterocycles. The van der Waals surface area contributed by atoms with Crippen LogP contribution in [-0.4, -0.2) is 31.5 Å². The lowest BCUT2D eigenvalue weighted by Gasteiger charge is -2.39. The van der Waals surface area contributed by atoms with Gasteiger partial charge in [0.25, 0.3) is 0 Å². The van der Waals surface area contributed by atoms with E-state index in [9.17, 15) is 0 Å². The van der Waals surface area contributed by atoms with Gasteiger partial charge >= 0.3 is 0 Å². The molecule has 0 saturated carbocycles. The molecule has 2 N–H and O–H groups in total. The first-order chi connectivity index (χ1) is 6.68. The molecule has 0 radical (unpaired) electrons. The Bertz CT molecular complexity index is 182. The van der Waals surface area contributed by atoms with Gasteiger partial charge in [0.1, 0.15) is 5.72 Å². The molecule has 3 unspecified atom stereocenters. The summed E-state index contributed by atoms with van der Waals surface area (Å²) < 4.78 is 5.89. The first-order valence-corrected chi connectivity index (χ1v) is 5.80. The lowest BCUT2D eigenvalue weighted by molar-refractivity contribution is -0.109. The van der Waals surface area contributed by atoms with E-state index in [2.05, 4.69) is 24.5 Å². The van der Waals surface area contributed by atoms with Gasteiger partial charge in [0.05, 0.1) is 6.61 Å². The summed E-state index contributed by atoms with van der Waals surface area (Å²) in [5.74, 6) is 0.652. The van der Waals surface area contributed by atoms with E-state index in [-0.39, 0.29) is 5.72 Å². The summed E-state index contributed by atoms with van der Waals surface area (Å²) in [5.41, 5.74) is -0.0888. The molecule has 0 spiro atoms. The summed E-state index contributed by atoms with van der Waals surface area (Å²) >= 11 is 0. The highest BCUT2D eigenvalue weighted by atomic mass is 16.5. The molecule has 3 heteroatoms. The fourth-order valence-electron chi connectivity index (χ4n) is 2.36. The summed E-state index contributed by atoms with van der Waals surface area (Å²) in [6, 6.07) is 0.654. The Balaban J connectivity index is 1.82. The molecule has 3 nitrogen and oxygen atoms in total. The van der Waals surface area contributed by atoms with Crippen LogP contribution in [0.25, 0.3) is 0 Å². The topological polar surface area (TPSA) is 33.3 Å². The van der Waals surface area contributed by atoms with Gasteiger partial charge in [0.15, 0.2) is 0 Å². The van der Waals surface area contributed by atoms with E-state index in [1.54, 1.807) is 0 Å². The highest BCUT2D eigenvalue weighted by molar-refractivity contribution is 4.86. The highest BCUT2D eigenvalue weighted by Gasteiger charge is 2.33. The minimum Gasteiger partial charge on any atom is -0.361 e. The third-order valence-corrected chi connectivity index (χ3v) is 3.31. The fourth-order valence-corrected chi connectivity index (χ4v) is 2.36. The molecule has 0 amide bonds. The molecule has 0 aromatic rings. The second-order valence-electron chi connectivity index (χ2n) is 5.03.